The van der Waals surface area contributed by atoms with Crippen molar-refractivity contribution in [2.24, 2.45) is 0 Å². The molecule has 1 aliphatic heterocycles. The third-order valence-corrected chi connectivity index (χ3v) is 1.35. The quantitative estimate of drug-likeness (QED) is 0.468. The molecule has 1 heterocycles. The molecule has 9 heavy (non-hydrogen) atoms. The van der Waals surface area contributed by atoms with E-state index < -0.39 is 0 Å². The minimum Gasteiger partial charge on any atom is -0.295 e. The largest absolute Gasteiger partial charge is 0.295 e. The highest BCUT2D eigenvalue weighted by Gasteiger charge is 2.10. The summed E-state index contributed by atoms with van der Waals surface area (Å²) in [7, 11) is 1.95. The molecule has 0 spiro atoms. The van der Waals surface area contributed by atoms with Crippen LogP contribution in [-0.2, 0) is 4.79 Å². The molecule has 0 aromatic carbocycles. The van der Waals surface area contributed by atoms with Gasteiger partial charge >= 0.3 is 0 Å². The molecule has 0 atom stereocenters. The van der Waals surface area contributed by atoms with Gasteiger partial charge < -0.3 is 0 Å². The number of carbonyl (C=O) groups excluding carboxylic acids is 1. The lowest BCUT2D eigenvalue weighted by molar-refractivity contribution is -0.115. The van der Waals surface area contributed by atoms with Gasteiger partial charge in [-0.15, -0.1) is 0 Å². The maximum absolute atomic E-state index is 10.8. The number of hydrogen-bond donors (Lipinski definition) is 0. The van der Waals surface area contributed by atoms with E-state index in [0.717, 1.165) is 12.1 Å². The first kappa shape index (κ1) is 6.49. The Kier molecular flexibility index (Phi) is 1.67. The minimum absolute atomic E-state index is 0.223. The Hall–Kier alpha value is -0.630. The van der Waals surface area contributed by atoms with Crippen molar-refractivity contribution in [2.45, 2.75) is 6.92 Å². The van der Waals surface area contributed by atoms with Crippen LogP contribution in [0.2, 0.25) is 0 Å². The number of ketones is 1. The first-order valence-corrected chi connectivity index (χ1v) is 3.07. The molecule has 2 nitrogen and oxygen atoms in total. The van der Waals surface area contributed by atoms with Crippen molar-refractivity contribution < 1.29 is 4.79 Å². The normalized spacial score (nSPS) is 22.0. The van der Waals surface area contributed by atoms with E-state index in [4.69, 9.17) is 0 Å². The van der Waals surface area contributed by atoms with Gasteiger partial charge in [0.25, 0.3) is 0 Å². The third-order valence-electron chi connectivity index (χ3n) is 1.35. The minimum atomic E-state index is 0.223. The van der Waals surface area contributed by atoms with E-state index in [9.17, 15) is 4.79 Å². The standard InChI is InChI=1S/C7H11NO/c1-6-3-7(9)5-8(2)4-6/h3H,4-5H2,1-2H3. The highest BCUT2D eigenvalue weighted by molar-refractivity contribution is 5.92. The Bertz CT molecular complexity index is 160. The first-order chi connectivity index (χ1) is 4.18. The summed E-state index contributed by atoms with van der Waals surface area (Å²) in [6, 6.07) is 0. The second-order valence-electron chi connectivity index (χ2n) is 2.63. The Morgan fingerprint density at radius 2 is 2.22 bits per heavy atom. The summed E-state index contributed by atoms with van der Waals surface area (Å²) in [5, 5.41) is 0. The molecule has 1 aliphatic rings. The maximum atomic E-state index is 10.8. The number of nitrogens with zero attached hydrogens (tertiary/aromatic N) is 1. The average Bonchev–Trinajstić information content (AvgIpc) is 1.59. The van der Waals surface area contributed by atoms with Crippen LogP contribution in [0.1, 0.15) is 6.92 Å². The molecule has 0 radical (unpaired) electrons. The molecular weight excluding hydrogens is 114 g/mol. The molecule has 2 heteroatoms. The van der Waals surface area contributed by atoms with Crippen molar-refractivity contribution >= 4 is 5.78 Å². The zero-order chi connectivity index (χ0) is 6.85. The number of likely N-dealkylation sites (N-methyl/N-ethyl adjacent to an activating group) is 1. The molecule has 0 saturated carbocycles. The summed E-state index contributed by atoms with van der Waals surface area (Å²) in [6.07, 6.45) is 1.72. The zero-order valence-corrected chi connectivity index (χ0v) is 5.85. The predicted molar refractivity (Wildman–Crippen MR) is 36.3 cm³/mol. The van der Waals surface area contributed by atoms with Gasteiger partial charge in [-0.05, 0) is 20.0 Å². The Morgan fingerprint density at radius 3 is 2.67 bits per heavy atom. The van der Waals surface area contributed by atoms with Gasteiger partial charge in [-0.1, -0.05) is 5.57 Å². The Labute approximate surface area is 55.2 Å². The van der Waals surface area contributed by atoms with Gasteiger partial charge in [0.2, 0.25) is 0 Å². The lowest BCUT2D eigenvalue weighted by Gasteiger charge is -2.19. The molecule has 0 aromatic heterocycles. The third kappa shape index (κ3) is 1.64. The molecule has 0 bridgehead atoms. The van der Waals surface area contributed by atoms with Crippen LogP contribution in [0.3, 0.4) is 0 Å². The molecule has 0 unspecified atom stereocenters. The van der Waals surface area contributed by atoms with Gasteiger partial charge in [-0.2, -0.15) is 0 Å². The van der Waals surface area contributed by atoms with E-state index >= 15 is 0 Å². The fraction of sp³-hybridized carbons (Fsp3) is 0.571. The van der Waals surface area contributed by atoms with Gasteiger partial charge in [0.15, 0.2) is 5.78 Å². The Balaban J connectivity index is 2.67. The molecule has 0 saturated heterocycles. The van der Waals surface area contributed by atoms with E-state index in [2.05, 4.69) is 0 Å². The fourth-order valence-corrected chi connectivity index (χ4v) is 1.11. The SMILES string of the molecule is CC1=CC(=O)CN(C)C1. The monoisotopic (exact) mass is 125 g/mol. The van der Waals surface area contributed by atoms with Crippen molar-refractivity contribution in [1.82, 2.24) is 4.90 Å². The van der Waals surface area contributed by atoms with Crippen LogP contribution >= 0.6 is 0 Å². The van der Waals surface area contributed by atoms with Crippen LogP contribution in [0.15, 0.2) is 11.6 Å². The number of rotatable bonds is 0. The summed E-state index contributed by atoms with van der Waals surface area (Å²) < 4.78 is 0. The molecule has 0 amide bonds. The molecule has 0 fully saturated rings. The van der Waals surface area contributed by atoms with Gasteiger partial charge in [-0.25, -0.2) is 0 Å². The molecule has 0 N–H and O–H groups in total. The number of hydrogen-bond acceptors (Lipinski definition) is 2. The second-order valence-corrected chi connectivity index (χ2v) is 2.63. The van der Waals surface area contributed by atoms with Gasteiger partial charge in [-0.3, -0.25) is 9.69 Å². The summed E-state index contributed by atoms with van der Waals surface area (Å²) in [5.41, 5.74) is 1.16. The number of carbonyl (C=O) groups is 1. The van der Waals surface area contributed by atoms with Crippen molar-refractivity contribution in [2.75, 3.05) is 20.1 Å². The highest BCUT2D eigenvalue weighted by Crippen LogP contribution is 2.02. The van der Waals surface area contributed by atoms with Crippen LogP contribution in [-0.4, -0.2) is 30.8 Å². The smallest absolute Gasteiger partial charge is 0.169 e. The molecular formula is C7H11NO. The van der Waals surface area contributed by atoms with Crippen molar-refractivity contribution in [3.8, 4) is 0 Å². The first-order valence-electron chi connectivity index (χ1n) is 3.07. The average molecular weight is 125 g/mol. The zero-order valence-electron chi connectivity index (χ0n) is 5.85. The lowest BCUT2D eigenvalue weighted by Crippen LogP contribution is -2.30. The van der Waals surface area contributed by atoms with Crippen LogP contribution in [0.4, 0.5) is 0 Å². The van der Waals surface area contributed by atoms with E-state index in [1.54, 1.807) is 6.08 Å². The van der Waals surface area contributed by atoms with Crippen LogP contribution in [0.25, 0.3) is 0 Å². The van der Waals surface area contributed by atoms with Crippen LogP contribution < -0.4 is 0 Å². The van der Waals surface area contributed by atoms with Crippen molar-refractivity contribution in [3.63, 3.8) is 0 Å². The summed E-state index contributed by atoms with van der Waals surface area (Å²) in [6.45, 7) is 3.50. The summed E-state index contributed by atoms with van der Waals surface area (Å²) >= 11 is 0. The molecule has 50 valence electrons. The summed E-state index contributed by atoms with van der Waals surface area (Å²) in [5.74, 6) is 0.223. The highest BCUT2D eigenvalue weighted by atomic mass is 16.1. The van der Waals surface area contributed by atoms with E-state index in [1.807, 2.05) is 18.9 Å². The topological polar surface area (TPSA) is 20.3 Å². The molecule has 0 aromatic rings. The predicted octanol–water partition coefficient (Wildman–Crippen LogP) is 0.447. The van der Waals surface area contributed by atoms with E-state index in [1.165, 1.54) is 0 Å². The van der Waals surface area contributed by atoms with Gasteiger partial charge in [0.1, 0.15) is 0 Å². The van der Waals surface area contributed by atoms with E-state index in [-0.39, 0.29) is 5.78 Å². The van der Waals surface area contributed by atoms with Crippen molar-refractivity contribution in [1.29, 1.82) is 0 Å². The molecule has 1 rings (SSSR count). The second kappa shape index (κ2) is 2.31. The van der Waals surface area contributed by atoms with E-state index in [0.29, 0.717) is 6.54 Å². The molecule has 0 aliphatic carbocycles. The van der Waals surface area contributed by atoms with Crippen LogP contribution in [0.5, 0.6) is 0 Å². The summed E-state index contributed by atoms with van der Waals surface area (Å²) in [4.78, 5) is 12.8. The van der Waals surface area contributed by atoms with Crippen molar-refractivity contribution in [3.05, 3.63) is 11.6 Å². The Morgan fingerprint density at radius 1 is 1.56 bits per heavy atom. The van der Waals surface area contributed by atoms with Gasteiger partial charge in [0.05, 0.1) is 6.54 Å². The fourth-order valence-electron chi connectivity index (χ4n) is 1.11. The van der Waals surface area contributed by atoms with Crippen LogP contribution in [0, 0.1) is 0 Å². The van der Waals surface area contributed by atoms with Gasteiger partial charge in [0, 0.05) is 6.54 Å². The maximum Gasteiger partial charge on any atom is 0.169 e. The lowest BCUT2D eigenvalue weighted by atomic mass is 10.1.